The van der Waals surface area contributed by atoms with E-state index in [9.17, 15) is 4.79 Å². The van der Waals surface area contributed by atoms with E-state index in [0.29, 0.717) is 17.2 Å². The predicted octanol–water partition coefficient (Wildman–Crippen LogP) is 0.946. The van der Waals surface area contributed by atoms with Crippen LogP contribution >= 0.6 is 0 Å². The lowest BCUT2D eigenvalue weighted by Gasteiger charge is -2.09. The van der Waals surface area contributed by atoms with Crippen LogP contribution in [-0.2, 0) is 6.61 Å². The molecule has 2 rings (SSSR count). The molecule has 0 saturated carbocycles. The summed E-state index contributed by atoms with van der Waals surface area (Å²) < 4.78 is 10.4. The van der Waals surface area contributed by atoms with Crippen molar-refractivity contribution in [2.45, 2.75) is 6.61 Å². The number of aromatic amines is 1. The lowest BCUT2D eigenvalue weighted by Crippen LogP contribution is -2.14. The van der Waals surface area contributed by atoms with Gasteiger partial charge in [0, 0.05) is 11.1 Å². The summed E-state index contributed by atoms with van der Waals surface area (Å²) in [5.41, 5.74) is 1.17. The summed E-state index contributed by atoms with van der Waals surface area (Å²) in [7, 11) is 3.10. The van der Waals surface area contributed by atoms with Gasteiger partial charge < -0.3 is 14.6 Å². The van der Waals surface area contributed by atoms with Crippen molar-refractivity contribution in [3.8, 4) is 22.8 Å². The highest BCUT2D eigenvalue weighted by Crippen LogP contribution is 2.31. The molecular formula is C13H14N2O4. The third kappa shape index (κ3) is 2.58. The molecule has 0 spiro atoms. The predicted molar refractivity (Wildman–Crippen MR) is 69.3 cm³/mol. The average molecular weight is 262 g/mol. The van der Waals surface area contributed by atoms with Gasteiger partial charge in [-0.3, -0.25) is 4.79 Å². The number of benzene rings is 1. The van der Waals surface area contributed by atoms with Crippen LogP contribution in [0.1, 0.15) is 5.56 Å². The molecule has 0 radical (unpaired) electrons. The van der Waals surface area contributed by atoms with Crippen LogP contribution in [0.15, 0.2) is 29.1 Å². The maximum absolute atomic E-state index is 11.3. The standard InChI is InChI=1S/C13H14N2O4/c1-18-11-4-3-8(6-12(11)19-2)10-5-9(7-16)13(17)15-14-10/h3-6,16H,7H2,1-2H3,(H,15,17). The van der Waals surface area contributed by atoms with Crippen molar-refractivity contribution in [3.05, 3.63) is 40.2 Å². The van der Waals surface area contributed by atoms with E-state index >= 15 is 0 Å². The zero-order chi connectivity index (χ0) is 13.8. The zero-order valence-electron chi connectivity index (χ0n) is 10.6. The molecule has 0 aliphatic heterocycles. The molecule has 1 heterocycles. The minimum absolute atomic E-state index is 0.264. The number of methoxy groups -OCH3 is 2. The Kier molecular flexibility index (Phi) is 3.82. The summed E-state index contributed by atoms with van der Waals surface area (Å²) in [6.07, 6.45) is 0. The highest BCUT2D eigenvalue weighted by atomic mass is 16.5. The van der Waals surface area contributed by atoms with Gasteiger partial charge in [0.2, 0.25) is 0 Å². The molecule has 0 fully saturated rings. The number of rotatable bonds is 4. The van der Waals surface area contributed by atoms with E-state index in [0.717, 1.165) is 5.56 Å². The van der Waals surface area contributed by atoms with Crippen molar-refractivity contribution in [2.75, 3.05) is 14.2 Å². The van der Waals surface area contributed by atoms with Crippen molar-refractivity contribution >= 4 is 0 Å². The van der Waals surface area contributed by atoms with Crippen LogP contribution in [0.25, 0.3) is 11.3 Å². The number of aromatic nitrogens is 2. The molecular weight excluding hydrogens is 248 g/mol. The Hall–Kier alpha value is -2.34. The lowest BCUT2D eigenvalue weighted by atomic mass is 10.1. The molecule has 6 nitrogen and oxygen atoms in total. The van der Waals surface area contributed by atoms with Gasteiger partial charge in [0.25, 0.3) is 5.56 Å². The number of hydrogen-bond donors (Lipinski definition) is 2. The van der Waals surface area contributed by atoms with E-state index in [4.69, 9.17) is 14.6 Å². The second-order valence-corrected chi connectivity index (χ2v) is 3.84. The first-order valence-electron chi connectivity index (χ1n) is 5.61. The van der Waals surface area contributed by atoms with Crippen molar-refractivity contribution < 1.29 is 14.6 Å². The summed E-state index contributed by atoms with van der Waals surface area (Å²) in [4.78, 5) is 11.3. The summed E-state index contributed by atoms with van der Waals surface area (Å²) in [5.74, 6) is 1.18. The molecule has 19 heavy (non-hydrogen) atoms. The van der Waals surface area contributed by atoms with E-state index in [1.54, 1.807) is 38.5 Å². The number of aliphatic hydroxyl groups is 1. The van der Waals surface area contributed by atoms with Crippen LogP contribution in [0.4, 0.5) is 0 Å². The first-order chi connectivity index (χ1) is 9.19. The lowest BCUT2D eigenvalue weighted by molar-refractivity contribution is 0.280. The van der Waals surface area contributed by atoms with Gasteiger partial charge in [0.1, 0.15) is 0 Å². The average Bonchev–Trinajstić information content (AvgIpc) is 2.47. The van der Waals surface area contributed by atoms with Crippen LogP contribution in [-0.4, -0.2) is 29.5 Å². The molecule has 0 aliphatic carbocycles. The third-order valence-corrected chi connectivity index (χ3v) is 2.73. The van der Waals surface area contributed by atoms with E-state index in [1.165, 1.54) is 0 Å². The molecule has 6 heteroatoms. The van der Waals surface area contributed by atoms with E-state index in [2.05, 4.69) is 10.2 Å². The van der Waals surface area contributed by atoms with Crippen molar-refractivity contribution in [3.63, 3.8) is 0 Å². The topological polar surface area (TPSA) is 84.4 Å². The number of nitrogens with one attached hydrogen (secondary N) is 1. The monoisotopic (exact) mass is 262 g/mol. The Morgan fingerprint density at radius 2 is 1.95 bits per heavy atom. The number of hydrogen-bond acceptors (Lipinski definition) is 5. The van der Waals surface area contributed by atoms with Crippen molar-refractivity contribution in [2.24, 2.45) is 0 Å². The van der Waals surface area contributed by atoms with Gasteiger partial charge in [-0.2, -0.15) is 5.10 Å². The van der Waals surface area contributed by atoms with E-state index < -0.39 is 5.56 Å². The Labute approximate surface area is 109 Å². The molecule has 1 aromatic heterocycles. The highest BCUT2D eigenvalue weighted by Gasteiger charge is 2.09. The van der Waals surface area contributed by atoms with Crippen LogP contribution in [0.2, 0.25) is 0 Å². The fourth-order valence-corrected chi connectivity index (χ4v) is 1.71. The highest BCUT2D eigenvalue weighted by molar-refractivity contribution is 5.64. The summed E-state index contributed by atoms with van der Waals surface area (Å²) in [6.45, 7) is -0.335. The quantitative estimate of drug-likeness (QED) is 0.856. The molecule has 0 bridgehead atoms. The van der Waals surface area contributed by atoms with Gasteiger partial charge >= 0.3 is 0 Å². The van der Waals surface area contributed by atoms with Gasteiger partial charge in [0.05, 0.1) is 26.5 Å². The Morgan fingerprint density at radius 3 is 2.58 bits per heavy atom. The van der Waals surface area contributed by atoms with Gasteiger partial charge in [-0.1, -0.05) is 0 Å². The Bertz CT molecular complexity index is 637. The summed E-state index contributed by atoms with van der Waals surface area (Å²) >= 11 is 0. The molecule has 0 saturated heterocycles. The molecule has 100 valence electrons. The van der Waals surface area contributed by atoms with Crippen molar-refractivity contribution in [1.29, 1.82) is 0 Å². The minimum atomic E-state index is -0.397. The maximum Gasteiger partial charge on any atom is 0.269 e. The smallest absolute Gasteiger partial charge is 0.269 e. The molecule has 0 atom stereocenters. The zero-order valence-corrected chi connectivity index (χ0v) is 10.6. The van der Waals surface area contributed by atoms with Gasteiger partial charge in [-0.05, 0) is 24.3 Å². The van der Waals surface area contributed by atoms with Gasteiger partial charge in [-0.25, -0.2) is 5.10 Å². The fraction of sp³-hybridized carbons (Fsp3) is 0.231. The number of nitrogens with zero attached hydrogens (tertiary/aromatic N) is 1. The molecule has 2 N–H and O–H groups in total. The second kappa shape index (κ2) is 5.53. The minimum Gasteiger partial charge on any atom is -0.493 e. The number of aliphatic hydroxyl groups excluding tert-OH is 1. The van der Waals surface area contributed by atoms with E-state index in [1.807, 2.05) is 0 Å². The molecule has 2 aromatic rings. The first-order valence-corrected chi connectivity index (χ1v) is 5.61. The summed E-state index contributed by atoms with van der Waals surface area (Å²) in [6, 6.07) is 6.84. The summed E-state index contributed by atoms with van der Waals surface area (Å²) in [5, 5.41) is 15.4. The molecule has 0 aliphatic rings. The molecule has 1 aromatic carbocycles. The SMILES string of the molecule is COc1ccc(-c2cc(CO)c(=O)[nH]n2)cc1OC. The van der Waals surface area contributed by atoms with Gasteiger partial charge in [-0.15, -0.1) is 0 Å². The Balaban J connectivity index is 2.50. The van der Waals surface area contributed by atoms with Crippen LogP contribution < -0.4 is 15.0 Å². The number of H-pyrrole nitrogens is 1. The molecule has 0 unspecified atom stereocenters. The fourth-order valence-electron chi connectivity index (χ4n) is 1.71. The normalized spacial score (nSPS) is 10.3. The van der Waals surface area contributed by atoms with Gasteiger partial charge in [0.15, 0.2) is 11.5 Å². The van der Waals surface area contributed by atoms with Crippen LogP contribution in [0.5, 0.6) is 11.5 Å². The third-order valence-electron chi connectivity index (χ3n) is 2.73. The maximum atomic E-state index is 11.3. The second-order valence-electron chi connectivity index (χ2n) is 3.84. The Morgan fingerprint density at radius 1 is 1.21 bits per heavy atom. The van der Waals surface area contributed by atoms with Crippen LogP contribution in [0, 0.1) is 0 Å². The first kappa shape index (κ1) is 13.1. The van der Waals surface area contributed by atoms with Crippen LogP contribution in [0.3, 0.4) is 0 Å². The largest absolute Gasteiger partial charge is 0.493 e. The van der Waals surface area contributed by atoms with Crippen molar-refractivity contribution in [1.82, 2.24) is 10.2 Å². The van der Waals surface area contributed by atoms with E-state index in [-0.39, 0.29) is 12.2 Å². The number of ether oxygens (including phenoxy) is 2. The molecule has 0 amide bonds.